The molecule has 2 saturated heterocycles. The SMILES string of the molecule is Cn1cc(C(=O)N2CCC(N3CCC[C@@H](C(=O)NC4CC4)C3)CC2)cn1. The maximum atomic E-state index is 12.6. The van der Waals surface area contributed by atoms with Crippen molar-refractivity contribution in [3.05, 3.63) is 18.0 Å². The number of nitrogens with one attached hydrogen (secondary N) is 1. The van der Waals surface area contributed by atoms with Crippen molar-refractivity contribution in [2.24, 2.45) is 13.0 Å². The standard InChI is InChI=1S/C19H29N5O2/c1-22-12-15(11-20-22)19(26)23-9-6-17(7-10-23)24-8-2-3-14(13-24)18(25)21-16-4-5-16/h11-12,14,16-17H,2-10,13H2,1H3,(H,21,25)/t14-/m1/s1. The van der Waals surface area contributed by atoms with Crippen LogP contribution in [0, 0.1) is 5.92 Å². The second-order valence-corrected chi connectivity index (χ2v) is 8.04. The van der Waals surface area contributed by atoms with Crippen LogP contribution in [0.2, 0.25) is 0 Å². The van der Waals surface area contributed by atoms with E-state index in [4.69, 9.17) is 0 Å². The summed E-state index contributed by atoms with van der Waals surface area (Å²) in [5, 5.41) is 7.26. The normalized spacial score (nSPS) is 25.3. The molecule has 3 fully saturated rings. The number of aromatic nitrogens is 2. The molecule has 1 atom stereocenters. The third-order valence-electron chi connectivity index (χ3n) is 5.97. The second kappa shape index (κ2) is 7.39. The number of carbonyl (C=O) groups is 2. The van der Waals surface area contributed by atoms with Crippen molar-refractivity contribution in [1.82, 2.24) is 24.9 Å². The number of piperidine rings is 2. The molecule has 7 heteroatoms. The largest absolute Gasteiger partial charge is 0.353 e. The van der Waals surface area contributed by atoms with Gasteiger partial charge in [0, 0.05) is 45.0 Å². The highest BCUT2D eigenvalue weighted by molar-refractivity contribution is 5.93. The Kier molecular flexibility index (Phi) is 4.98. The third-order valence-corrected chi connectivity index (χ3v) is 5.97. The molecule has 3 aliphatic rings. The number of carbonyl (C=O) groups excluding carboxylic acids is 2. The van der Waals surface area contributed by atoms with Crippen molar-refractivity contribution in [2.75, 3.05) is 26.2 Å². The summed E-state index contributed by atoms with van der Waals surface area (Å²) in [7, 11) is 1.83. The van der Waals surface area contributed by atoms with Gasteiger partial charge in [-0.1, -0.05) is 0 Å². The summed E-state index contributed by atoms with van der Waals surface area (Å²) < 4.78 is 1.67. The van der Waals surface area contributed by atoms with Gasteiger partial charge in [0.1, 0.15) is 0 Å². The number of amides is 2. The van der Waals surface area contributed by atoms with Crippen molar-refractivity contribution in [3.63, 3.8) is 0 Å². The van der Waals surface area contributed by atoms with Gasteiger partial charge in [-0.2, -0.15) is 5.10 Å². The fourth-order valence-electron chi connectivity index (χ4n) is 4.25. The van der Waals surface area contributed by atoms with E-state index >= 15 is 0 Å². The Hall–Kier alpha value is -1.89. The van der Waals surface area contributed by atoms with Crippen LogP contribution >= 0.6 is 0 Å². The molecule has 1 aromatic rings. The Bertz CT molecular complexity index is 661. The Labute approximate surface area is 154 Å². The third kappa shape index (κ3) is 3.92. The van der Waals surface area contributed by atoms with E-state index in [-0.39, 0.29) is 17.7 Å². The molecule has 3 heterocycles. The predicted octanol–water partition coefficient (Wildman–Crippen LogP) is 1.02. The number of nitrogens with zero attached hydrogens (tertiary/aromatic N) is 4. The van der Waals surface area contributed by atoms with Crippen molar-refractivity contribution in [2.45, 2.75) is 50.6 Å². The fraction of sp³-hybridized carbons (Fsp3) is 0.737. The van der Waals surface area contributed by atoms with Crippen LogP contribution in [0.5, 0.6) is 0 Å². The minimum atomic E-state index is 0.0804. The Balaban J connectivity index is 1.28. The zero-order valence-electron chi connectivity index (χ0n) is 15.6. The first-order valence-electron chi connectivity index (χ1n) is 9.92. The van der Waals surface area contributed by atoms with Gasteiger partial charge in [-0.25, -0.2) is 0 Å². The lowest BCUT2D eigenvalue weighted by Gasteiger charge is -2.42. The number of aryl methyl sites for hydroxylation is 1. The molecule has 1 aromatic heterocycles. The highest BCUT2D eigenvalue weighted by atomic mass is 16.2. The molecule has 1 N–H and O–H groups in total. The van der Waals surface area contributed by atoms with E-state index in [0.29, 0.717) is 17.6 Å². The molecule has 2 amide bonds. The quantitative estimate of drug-likeness (QED) is 0.871. The van der Waals surface area contributed by atoms with Gasteiger partial charge >= 0.3 is 0 Å². The monoisotopic (exact) mass is 359 g/mol. The van der Waals surface area contributed by atoms with Gasteiger partial charge in [-0.15, -0.1) is 0 Å². The lowest BCUT2D eigenvalue weighted by Crippen LogP contribution is -2.51. The molecule has 1 aliphatic carbocycles. The fourth-order valence-corrected chi connectivity index (χ4v) is 4.25. The van der Waals surface area contributed by atoms with Crippen LogP contribution in [0.4, 0.5) is 0 Å². The molecular weight excluding hydrogens is 330 g/mol. The summed E-state index contributed by atoms with van der Waals surface area (Å²) in [6.45, 7) is 3.52. The average molecular weight is 359 g/mol. The summed E-state index contributed by atoms with van der Waals surface area (Å²) >= 11 is 0. The molecule has 26 heavy (non-hydrogen) atoms. The number of hydrogen-bond acceptors (Lipinski definition) is 4. The Morgan fingerprint density at radius 3 is 2.54 bits per heavy atom. The minimum Gasteiger partial charge on any atom is -0.353 e. The summed E-state index contributed by atoms with van der Waals surface area (Å²) in [6, 6.07) is 0.934. The molecular formula is C19H29N5O2. The first kappa shape index (κ1) is 17.5. The van der Waals surface area contributed by atoms with E-state index < -0.39 is 0 Å². The van der Waals surface area contributed by atoms with Crippen molar-refractivity contribution in [1.29, 1.82) is 0 Å². The zero-order valence-corrected chi connectivity index (χ0v) is 15.6. The summed E-state index contributed by atoms with van der Waals surface area (Å²) in [4.78, 5) is 29.4. The Morgan fingerprint density at radius 2 is 1.88 bits per heavy atom. The van der Waals surface area contributed by atoms with Crippen LogP contribution in [0.15, 0.2) is 12.4 Å². The van der Waals surface area contributed by atoms with E-state index in [0.717, 1.165) is 64.7 Å². The maximum Gasteiger partial charge on any atom is 0.257 e. The van der Waals surface area contributed by atoms with Crippen molar-refractivity contribution < 1.29 is 9.59 Å². The van der Waals surface area contributed by atoms with Crippen LogP contribution in [0.3, 0.4) is 0 Å². The molecule has 0 aromatic carbocycles. The zero-order chi connectivity index (χ0) is 18.1. The van der Waals surface area contributed by atoms with Crippen LogP contribution in [0.25, 0.3) is 0 Å². The van der Waals surface area contributed by atoms with Gasteiger partial charge < -0.3 is 10.2 Å². The topological polar surface area (TPSA) is 70.5 Å². The molecule has 1 saturated carbocycles. The molecule has 142 valence electrons. The minimum absolute atomic E-state index is 0.0804. The van der Waals surface area contributed by atoms with Crippen LogP contribution in [-0.4, -0.2) is 69.7 Å². The Morgan fingerprint density at radius 1 is 1.12 bits per heavy atom. The average Bonchev–Trinajstić information content (AvgIpc) is 3.38. The van der Waals surface area contributed by atoms with Gasteiger partial charge in [-0.05, 0) is 45.1 Å². The summed E-state index contributed by atoms with van der Waals surface area (Å²) in [6.07, 6.45) is 9.79. The first-order valence-corrected chi connectivity index (χ1v) is 9.92. The van der Waals surface area contributed by atoms with Gasteiger partial charge in [0.15, 0.2) is 0 Å². The van der Waals surface area contributed by atoms with E-state index in [1.165, 1.54) is 0 Å². The molecule has 0 bridgehead atoms. The predicted molar refractivity (Wildman–Crippen MR) is 97.6 cm³/mol. The number of hydrogen-bond donors (Lipinski definition) is 1. The second-order valence-electron chi connectivity index (χ2n) is 8.04. The van der Waals surface area contributed by atoms with E-state index in [2.05, 4.69) is 15.3 Å². The molecule has 0 radical (unpaired) electrons. The number of likely N-dealkylation sites (tertiary alicyclic amines) is 2. The van der Waals surface area contributed by atoms with E-state index in [1.54, 1.807) is 17.1 Å². The van der Waals surface area contributed by atoms with Crippen LogP contribution < -0.4 is 5.32 Å². The lowest BCUT2D eigenvalue weighted by molar-refractivity contribution is -0.127. The lowest BCUT2D eigenvalue weighted by atomic mass is 9.93. The molecule has 4 rings (SSSR count). The van der Waals surface area contributed by atoms with Gasteiger partial charge in [-0.3, -0.25) is 19.2 Å². The van der Waals surface area contributed by atoms with Crippen molar-refractivity contribution in [3.8, 4) is 0 Å². The van der Waals surface area contributed by atoms with Crippen LogP contribution in [-0.2, 0) is 11.8 Å². The summed E-state index contributed by atoms with van der Waals surface area (Å²) in [5.74, 6) is 0.470. The van der Waals surface area contributed by atoms with Gasteiger partial charge in [0.05, 0.1) is 17.7 Å². The van der Waals surface area contributed by atoms with E-state index in [9.17, 15) is 9.59 Å². The smallest absolute Gasteiger partial charge is 0.257 e. The highest BCUT2D eigenvalue weighted by Gasteiger charge is 2.34. The highest BCUT2D eigenvalue weighted by Crippen LogP contribution is 2.26. The summed E-state index contributed by atoms with van der Waals surface area (Å²) in [5.41, 5.74) is 0.667. The van der Waals surface area contributed by atoms with E-state index in [1.807, 2.05) is 11.9 Å². The first-order chi connectivity index (χ1) is 12.6. The van der Waals surface area contributed by atoms with Gasteiger partial charge in [0.2, 0.25) is 5.91 Å². The van der Waals surface area contributed by atoms with Crippen molar-refractivity contribution >= 4 is 11.8 Å². The molecule has 0 unspecified atom stereocenters. The molecule has 0 spiro atoms. The molecule has 2 aliphatic heterocycles. The number of rotatable bonds is 4. The molecule has 7 nitrogen and oxygen atoms in total. The maximum absolute atomic E-state index is 12.6. The van der Waals surface area contributed by atoms with Crippen LogP contribution in [0.1, 0.15) is 48.9 Å². The van der Waals surface area contributed by atoms with Gasteiger partial charge in [0.25, 0.3) is 5.91 Å².